The number of benzene rings is 1. The van der Waals surface area contributed by atoms with E-state index in [2.05, 4.69) is 23.5 Å². The third kappa shape index (κ3) is 1.83. The molecule has 0 spiro atoms. The van der Waals surface area contributed by atoms with Crippen LogP contribution in [-0.2, 0) is 17.6 Å². The molecule has 1 aromatic carbocycles. The first-order valence-corrected chi connectivity index (χ1v) is 5.85. The van der Waals surface area contributed by atoms with Gasteiger partial charge in [0.25, 0.3) is 0 Å². The van der Waals surface area contributed by atoms with Crippen LogP contribution in [0, 0.1) is 0 Å². The molecule has 1 aliphatic heterocycles. The summed E-state index contributed by atoms with van der Waals surface area (Å²) < 4.78 is 0. The second-order valence-corrected chi connectivity index (χ2v) is 5.08. The number of amides is 1. The minimum atomic E-state index is 0.102. The van der Waals surface area contributed by atoms with Gasteiger partial charge in [-0.2, -0.15) is 0 Å². The molecule has 2 aliphatic rings. The fraction of sp³-hybridized carbons (Fsp3) is 0.462. The predicted molar refractivity (Wildman–Crippen MR) is 63.2 cm³/mol. The lowest BCUT2D eigenvalue weighted by molar-refractivity contribution is -0.115. The zero-order valence-corrected chi connectivity index (χ0v) is 9.25. The average molecular weight is 216 g/mol. The van der Waals surface area contributed by atoms with E-state index in [4.69, 9.17) is 5.73 Å². The van der Waals surface area contributed by atoms with Crippen LogP contribution in [0.2, 0.25) is 0 Å². The van der Waals surface area contributed by atoms with Gasteiger partial charge in [0.05, 0.1) is 6.42 Å². The van der Waals surface area contributed by atoms with Crippen LogP contribution in [0.5, 0.6) is 0 Å². The summed E-state index contributed by atoms with van der Waals surface area (Å²) in [5.41, 5.74) is 9.55. The number of nitrogens with two attached hydrogens (primary N) is 1. The third-order valence-corrected chi connectivity index (χ3v) is 3.60. The Morgan fingerprint density at radius 1 is 1.38 bits per heavy atom. The van der Waals surface area contributed by atoms with E-state index in [1.807, 2.05) is 0 Å². The van der Waals surface area contributed by atoms with E-state index >= 15 is 0 Å². The van der Waals surface area contributed by atoms with Crippen LogP contribution in [0.1, 0.15) is 30.4 Å². The highest BCUT2D eigenvalue weighted by Gasteiger charge is 2.37. The molecule has 3 nitrogen and oxygen atoms in total. The van der Waals surface area contributed by atoms with Gasteiger partial charge in [0.15, 0.2) is 0 Å². The van der Waals surface area contributed by atoms with E-state index in [0.717, 1.165) is 36.9 Å². The van der Waals surface area contributed by atoms with Gasteiger partial charge in [-0.3, -0.25) is 4.79 Å². The van der Waals surface area contributed by atoms with Crippen molar-refractivity contribution in [3.8, 4) is 0 Å². The molecule has 1 aromatic rings. The molecule has 0 saturated heterocycles. The number of carbonyl (C=O) groups excluding carboxylic acids is 1. The normalized spacial score (nSPS) is 20.4. The highest BCUT2D eigenvalue weighted by molar-refractivity contribution is 5.99. The molecule has 0 aromatic heterocycles. The molecule has 1 heterocycles. The van der Waals surface area contributed by atoms with Crippen LogP contribution >= 0.6 is 0 Å². The first kappa shape index (κ1) is 9.85. The van der Waals surface area contributed by atoms with Crippen LogP contribution < -0.4 is 11.1 Å². The summed E-state index contributed by atoms with van der Waals surface area (Å²) in [5.74, 6) is 0.102. The van der Waals surface area contributed by atoms with Gasteiger partial charge in [0.1, 0.15) is 0 Å². The van der Waals surface area contributed by atoms with Gasteiger partial charge in [-0.15, -0.1) is 0 Å². The monoisotopic (exact) mass is 216 g/mol. The molecule has 3 rings (SSSR count). The molecule has 1 saturated carbocycles. The highest BCUT2D eigenvalue weighted by atomic mass is 16.1. The maximum atomic E-state index is 11.2. The number of carbonyl (C=O) groups is 1. The average Bonchev–Trinajstić information content (AvgIpc) is 2.87. The molecule has 3 heteroatoms. The van der Waals surface area contributed by atoms with Gasteiger partial charge in [-0.25, -0.2) is 0 Å². The van der Waals surface area contributed by atoms with E-state index in [0.29, 0.717) is 6.42 Å². The van der Waals surface area contributed by atoms with Crippen LogP contribution in [0.15, 0.2) is 18.2 Å². The smallest absolute Gasteiger partial charge is 0.228 e. The molecule has 84 valence electrons. The van der Waals surface area contributed by atoms with E-state index < -0.39 is 0 Å². The minimum absolute atomic E-state index is 0.102. The summed E-state index contributed by atoms with van der Waals surface area (Å²) in [5, 5.41) is 2.88. The Labute approximate surface area is 95.0 Å². The van der Waals surface area contributed by atoms with Crippen LogP contribution in [-0.4, -0.2) is 11.4 Å². The van der Waals surface area contributed by atoms with Crippen LogP contribution in [0.3, 0.4) is 0 Å². The third-order valence-electron chi connectivity index (χ3n) is 3.60. The summed E-state index contributed by atoms with van der Waals surface area (Å²) >= 11 is 0. The Morgan fingerprint density at radius 2 is 2.19 bits per heavy atom. The fourth-order valence-electron chi connectivity index (χ4n) is 2.22. The fourth-order valence-corrected chi connectivity index (χ4v) is 2.22. The first-order chi connectivity index (χ1) is 7.65. The molecule has 0 radical (unpaired) electrons. The topological polar surface area (TPSA) is 55.1 Å². The maximum absolute atomic E-state index is 11.2. The summed E-state index contributed by atoms with van der Waals surface area (Å²) in [6, 6.07) is 6.26. The number of rotatable bonds is 3. The quantitative estimate of drug-likeness (QED) is 0.806. The van der Waals surface area contributed by atoms with Crippen molar-refractivity contribution in [2.45, 2.75) is 37.6 Å². The second-order valence-electron chi connectivity index (χ2n) is 5.08. The van der Waals surface area contributed by atoms with Crippen molar-refractivity contribution < 1.29 is 4.79 Å². The Hall–Kier alpha value is -1.35. The van der Waals surface area contributed by atoms with E-state index in [-0.39, 0.29) is 11.4 Å². The molecule has 1 amide bonds. The molecular weight excluding hydrogens is 200 g/mol. The van der Waals surface area contributed by atoms with Crippen molar-refractivity contribution in [1.82, 2.24) is 0 Å². The summed E-state index contributed by atoms with van der Waals surface area (Å²) in [7, 11) is 0. The van der Waals surface area contributed by atoms with E-state index in [1.54, 1.807) is 0 Å². The number of aryl methyl sites for hydroxylation is 1. The van der Waals surface area contributed by atoms with E-state index in [9.17, 15) is 4.79 Å². The molecular formula is C13H16N2O. The van der Waals surface area contributed by atoms with Gasteiger partial charge in [-0.1, -0.05) is 12.1 Å². The van der Waals surface area contributed by atoms with Crippen molar-refractivity contribution in [3.05, 3.63) is 29.3 Å². The van der Waals surface area contributed by atoms with Gasteiger partial charge in [0, 0.05) is 11.2 Å². The molecule has 1 aliphatic carbocycles. The van der Waals surface area contributed by atoms with Crippen molar-refractivity contribution in [3.63, 3.8) is 0 Å². The van der Waals surface area contributed by atoms with Crippen LogP contribution in [0.4, 0.5) is 5.69 Å². The van der Waals surface area contributed by atoms with Crippen LogP contribution in [0.25, 0.3) is 0 Å². The van der Waals surface area contributed by atoms with Gasteiger partial charge in [0.2, 0.25) is 5.91 Å². The number of fused-ring (bicyclic) bond motifs is 1. The van der Waals surface area contributed by atoms with Crippen molar-refractivity contribution in [2.24, 2.45) is 5.73 Å². The lowest BCUT2D eigenvalue weighted by Gasteiger charge is -2.09. The standard InChI is InChI=1S/C13H16N2O/c14-13(5-6-13)4-3-9-1-2-10-8-12(16)15-11(10)7-9/h1-2,7H,3-6,8,14H2,(H,15,16). The number of nitrogens with one attached hydrogen (secondary N) is 1. The summed E-state index contributed by atoms with van der Waals surface area (Å²) in [4.78, 5) is 11.2. The van der Waals surface area contributed by atoms with Gasteiger partial charge < -0.3 is 11.1 Å². The zero-order chi connectivity index (χ0) is 11.2. The second kappa shape index (κ2) is 3.32. The molecule has 3 N–H and O–H groups in total. The van der Waals surface area contributed by atoms with Crippen molar-refractivity contribution in [2.75, 3.05) is 5.32 Å². The summed E-state index contributed by atoms with van der Waals surface area (Å²) in [6.07, 6.45) is 4.92. The number of hydrogen-bond donors (Lipinski definition) is 2. The number of anilines is 1. The molecule has 1 fully saturated rings. The zero-order valence-electron chi connectivity index (χ0n) is 9.25. The Morgan fingerprint density at radius 3 is 2.94 bits per heavy atom. The Bertz CT molecular complexity index is 449. The lowest BCUT2D eigenvalue weighted by atomic mass is 10.0. The van der Waals surface area contributed by atoms with Gasteiger partial charge >= 0.3 is 0 Å². The van der Waals surface area contributed by atoms with Gasteiger partial charge in [-0.05, 0) is 42.9 Å². The molecule has 0 unspecified atom stereocenters. The SMILES string of the molecule is NC1(CCc2ccc3c(c2)NC(=O)C3)CC1. The van der Waals surface area contributed by atoms with E-state index in [1.165, 1.54) is 5.56 Å². The predicted octanol–water partition coefficient (Wildman–Crippen LogP) is 1.61. The number of hydrogen-bond acceptors (Lipinski definition) is 2. The first-order valence-electron chi connectivity index (χ1n) is 5.85. The van der Waals surface area contributed by atoms with Crippen molar-refractivity contribution in [1.29, 1.82) is 0 Å². The molecule has 0 atom stereocenters. The summed E-state index contributed by atoms with van der Waals surface area (Å²) in [6.45, 7) is 0. The molecule has 0 bridgehead atoms. The Balaban J connectivity index is 1.72. The Kier molecular flexibility index (Phi) is 2.04. The van der Waals surface area contributed by atoms with Crippen molar-refractivity contribution >= 4 is 11.6 Å². The largest absolute Gasteiger partial charge is 0.326 e. The maximum Gasteiger partial charge on any atom is 0.228 e. The highest BCUT2D eigenvalue weighted by Crippen LogP contribution is 2.37. The lowest BCUT2D eigenvalue weighted by Crippen LogP contribution is -2.22. The molecule has 16 heavy (non-hydrogen) atoms. The minimum Gasteiger partial charge on any atom is -0.326 e.